The molecule has 1 atom stereocenters. The highest BCUT2D eigenvalue weighted by Gasteiger charge is 2.54. The van der Waals surface area contributed by atoms with Crippen molar-refractivity contribution in [1.29, 1.82) is 0 Å². The predicted molar refractivity (Wildman–Crippen MR) is 52.7 cm³/mol. The molecule has 2 heterocycles. The van der Waals surface area contributed by atoms with Gasteiger partial charge in [-0.1, -0.05) is 0 Å². The number of piperidine rings is 1. The van der Waals surface area contributed by atoms with Gasteiger partial charge in [0.2, 0.25) is 0 Å². The summed E-state index contributed by atoms with van der Waals surface area (Å²) in [5, 5.41) is 3.13. The highest BCUT2D eigenvalue weighted by atomic mass is 32.2. The lowest BCUT2D eigenvalue weighted by Crippen LogP contribution is -2.49. The van der Waals surface area contributed by atoms with Crippen LogP contribution in [0.15, 0.2) is 0 Å². The van der Waals surface area contributed by atoms with Gasteiger partial charge < -0.3 is 5.32 Å². The third kappa shape index (κ3) is 1.29. The van der Waals surface area contributed by atoms with Gasteiger partial charge in [0.1, 0.15) is 0 Å². The fourth-order valence-electron chi connectivity index (χ4n) is 2.80. The van der Waals surface area contributed by atoms with Crippen LogP contribution >= 0.6 is 0 Å². The minimum absolute atomic E-state index is 0.182. The van der Waals surface area contributed by atoms with E-state index in [0.29, 0.717) is 32.4 Å². The normalized spacial score (nSPS) is 34.8. The molecule has 2 saturated heterocycles. The molecule has 0 aromatic rings. The van der Waals surface area contributed by atoms with Crippen molar-refractivity contribution in [3.63, 3.8) is 0 Å². The lowest BCUT2D eigenvalue weighted by molar-refractivity contribution is 0.245. The molecule has 1 N–H and O–H groups in total. The monoisotopic (exact) mass is 221 g/mol. The summed E-state index contributed by atoms with van der Waals surface area (Å²) in [6.45, 7) is 0.921. The Hall–Kier alpha value is -0.160. The Morgan fingerprint density at radius 1 is 1.36 bits per heavy atom. The van der Waals surface area contributed by atoms with Crippen LogP contribution in [0.25, 0.3) is 0 Å². The van der Waals surface area contributed by atoms with Crippen LogP contribution in [-0.2, 0) is 9.84 Å². The van der Waals surface area contributed by atoms with E-state index >= 15 is 0 Å². The number of alkyl halides is 1. The molecule has 0 bridgehead atoms. The molecule has 3 nitrogen and oxygen atoms in total. The van der Waals surface area contributed by atoms with Gasteiger partial charge in [-0.25, -0.2) is 8.42 Å². The summed E-state index contributed by atoms with van der Waals surface area (Å²) in [4.78, 5) is 0. The fraction of sp³-hybridized carbons (Fsp3) is 1.00. The van der Waals surface area contributed by atoms with E-state index in [-0.39, 0.29) is 11.7 Å². The Morgan fingerprint density at radius 2 is 2.00 bits per heavy atom. The van der Waals surface area contributed by atoms with E-state index in [4.69, 9.17) is 0 Å². The minimum Gasteiger partial charge on any atom is -0.317 e. The number of hydrogen-bond donors (Lipinski definition) is 1. The van der Waals surface area contributed by atoms with Crippen molar-refractivity contribution in [2.45, 2.75) is 24.0 Å². The quantitative estimate of drug-likeness (QED) is 0.702. The van der Waals surface area contributed by atoms with Crippen molar-refractivity contribution in [1.82, 2.24) is 5.32 Å². The number of nitrogens with one attached hydrogen (secondary N) is 1. The van der Waals surface area contributed by atoms with Crippen LogP contribution in [0.1, 0.15) is 19.3 Å². The molecule has 2 aliphatic rings. The first-order chi connectivity index (χ1) is 6.62. The summed E-state index contributed by atoms with van der Waals surface area (Å²) >= 11 is 0. The smallest absolute Gasteiger partial charge is 0.156 e. The van der Waals surface area contributed by atoms with Crippen molar-refractivity contribution in [3.8, 4) is 0 Å². The summed E-state index contributed by atoms with van der Waals surface area (Å²) in [5.41, 5.74) is 0. The summed E-state index contributed by atoms with van der Waals surface area (Å²) in [5.74, 6) is -0.0729. The maximum absolute atomic E-state index is 12.8. The largest absolute Gasteiger partial charge is 0.317 e. The summed E-state index contributed by atoms with van der Waals surface area (Å²) in [6, 6.07) is 0. The summed E-state index contributed by atoms with van der Waals surface area (Å²) in [7, 11) is -3.05. The van der Waals surface area contributed by atoms with Gasteiger partial charge in [0.05, 0.1) is 17.2 Å². The molecule has 2 aliphatic heterocycles. The zero-order valence-corrected chi connectivity index (χ0v) is 8.95. The van der Waals surface area contributed by atoms with Crippen molar-refractivity contribution in [3.05, 3.63) is 0 Å². The van der Waals surface area contributed by atoms with Crippen LogP contribution in [0.2, 0.25) is 0 Å². The standard InChI is InChI=1S/C9H16FNO2S/c10-7-8-1-6-14(12,13)9(8)2-4-11-5-3-9/h8,11H,1-7H2. The fourth-order valence-corrected chi connectivity index (χ4v) is 5.32. The SMILES string of the molecule is O=S1(=O)CCC(CF)C12CCNCC2. The van der Waals surface area contributed by atoms with Crippen molar-refractivity contribution < 1.29 is 12.8 Å². The maximum atomic E-state index is 12.8. The number of rotatable bonds is 1. The third-order valence-corrected chi connectivity index (χ3v) is 6.49. The maximum Gasteiger partial charge on any atom is 0.156 e. The number of hydrogen-bond acceptors (Lipinski definition) is 3. The molecule has 2 fully saturated rings. The molecule has 1 spiro atoms. The highest BCUT2D eigenvalue weighted by molar-refractivity contribution is 7.93. The van der Waals surface area contributed by atoms with Crippen molar-refractivity contribution >= 4 is 9.84 Å². The van der Waals surface area contributed by atoms with Crippen LogP contribution in [0.4, 0.5) is 4.39 Å². The second-order valence-electron chi connectivity index (χ2n) is 4.27. The van der Waals surface area contributed by atoms with Crippen LogP contribution in [-0.4, -0.2) is 38.7 Å². The average Bonchev–Trinajstić information content (AvgIpc) is 2.41. The molecule has 5 heteroatoms. The number of sulfone groups is 1. The first-order valence-corrected chi connectivity index (χ1v) is 6.77. The molecule has 0 aliphatic carbocycles. The second kappa shape index (κ2) is 3.45. The Kier molecular flexibility index (Phi) is 2.55. The summed E-state index contributed by atoms with van der Waals surface area (Å²) in [6.07, 6.45) is 1.69. The van der Waals surface area contributed by atoms with Gasteiger partial charge in [0, 0.05) is 5.92 Å². The molecule has 0 aromatic heterocycles. The Bertz CT molecular complexity index is 309. The molecule has 1 unspecified atom stereocenters. The Morgan fingerprint density at radius 3 is 2.57 bits per heavy atom. The van der Waals surface area contributed by atoms with Gasteiger partial charge in [-0.3, -0.25) is 4.39 Å². The van der Waals surface area contributed by atoms with Gasteiger partial charge in [-0.2, -0.15) is 0 Å². The van der Waals surface area contributed by atoms with Crippen molar-refractivity contribution in [2.24, 2.45) is 5.92 Å². The topological polar surface area (TPSA) is 46.2 Å². The third-order valence-electron chi connectivity index (χ3n) is 3.73. The summed E-state index contributed by atoms with van der Waals surface area (Å²) < 4.78 is 35.9. The minimum atomic E-state index is -3.05. The molecule has 14 heavy (non-hydrogen) atoms. The molecule has 0 radical (unpaired) electrons. The molecule has 0 aromatic carbocycles. The molecule has 0 amide bonds. The lowest BCUT2D eigenvalue weighted by atomic mass is 9.83. The zero-order valence-electron chi connectivity index (χ0n) is 8.13. The van der Waals surface area contributed by atoms with E-state index in [1.807, 2.05) is 0 Å². The molecular weight excluding hydrogens is 205 g/mol. The van der Waals surface area contributed by atoms with Gasteiger partial charge >= 0.3 is 0 Å². The predicted octanol–water partition coefficient (Wildman–Crippen LogP) is 0.513. The van der Waals surface area contributed by atoms with E-state index < -0.39 is 21.3 Å². The van der Waals surface area contributed by atoms with E-state index in [0.717, 1.165) is 0 Å². The van der Waals surface area contributed by atoms with E-state index in [1.54, 1.807) is 0 Å². The van der Waals surface area contributed by atoms with Gasteiger partial charge in [-0.15, -0.1) is 0 Å². The van der Waals surface area contributed by atoms with Crippen LogP contribution in [0, 0.1) is 5.92 Å². The van der Waals surface area contributed by atoms with Crippen LogP contribution < -0.4 is 5.32 Å². The van der Waals surface area contributed by atoms with Gasteiger partial charge in [0.15, 0.2) is 9.84 Å². The van der Waals surface area contributed by atoms with E-state index in [1.165, 1.54) is 0 Å². The Labute approximate surface area is 84.0 Å². The molecule has 0 saturated carbocycles. The Balaban J connectivity index is 2.34. The molecular formula is C9H16FNO2S. The second-order valence-corrected chi connectivity index (χ2v) is 6.72. The van der Waals surface area contributed by atoms with Crippen LogP contribution in [0.3, 0.4) is 0 Å². The lowest BCUT2D eigenvalue weighted by Gasteiger charge is -2.36. The number of halogens is 1. The first-order valence-electron chi connectivity index (χ1n) is 5.11. The molecule has 2 rings (SSSR count). The highest BCUT2D eigenvalue weighted by Crippen LogP contribution is 2.44. The first kappa shape index (κ1) is 10.4. The van der Waals surface area contributed by atoms with Crippen molar-refractivity contribution in [2.75, 3.05) is 25.5 Å². The van der Waals surface area contributed by atoms with E-state index in [2.05, 4.69) is 5.32 Å². The molecule has 82 valence electrons. The van der Waals surface area contributed by atoms with Gasteiger partial charge in [-0.05, 0) is 32.4 Å². The van der Waals surface area contributed by atoms with Gasteiger partial charge in [0.25, 0.3) is 0 Å². The van der Waals surface area contributed by atoms with Crippen LogP contribution in [0.5, 0.6) is 0 Å². The van der Waals surface area contributed by atoms with E-state index in [9.17, 15) is 12.8 Å². The zero-order chi connectivity index (χ0) is 10.2. The average molecular weight is 221 g/mol.